The fraction of sp³-hybridized carbons (Fsp3) is 0. The summed E-state index contributed by atoms with van der Waals surface area (Å²) in [5.74, 6) is 1.70. The van der Waals surface area contributed by atoms with Crippen LogP contribution in [0.3, 0.4) is 0 Å². The van der Waals surface area contributed by atoms with Gasteiger partial charge in [0.15, 0.2) is 0 Å². The highest BCUT2D eigenvalue weighted by Gasteiger charge is 1.86. The summed E-state index contributed by atoms with van der Waals surface area (Å²) in [4.78, 5) is 10.7. The number of hydrogen-bond acceptors (Lipinski definition) is 1. The van der Waals surface area contributed by atoms with Crippen molar-refractivity contribution in [3.05, 3.63) is 42.0 Å². The molecule has 1 rings (SSSR count). The lowest BCUT2D eigenvalue weighted by Crippen LogP contribution is -1.83. The molecule has 0 radical (unpaired) electrons. The SMILES string of the molecule is C#CC(=O)/C=C/c1ccccc1. The zero-order valence-corrected chi connectivity index (χ0v) is 6.53. The van der Waals surface area contributed by atoms with Crippen LogP contribution >= 0.6 is 0 Å². The predicted octanol–water partition coefficient (Wildman–Crippen LogP) is 1.90. The Bertz CT molecular complexity index is 328. The summed E-state index contributed by atoms with van der Waals surface area (Å²) < 4.78 is 0. The van der Waals surface area contributed by atoms with Gasteiger partial charge in [0.25, 0.3) is 0 Å². The van der Waals surface area contributed by atoms with E-state index in [1.807, 2.05) is 36.3 Å². The van der Waals surface area contributed by atoms with Crippen LogP contribution in [0.2, 0.25) is 0 Å². The maximum atomic E-state index is 10.7. The van der Waals surface area contributed by atoms with Crippen LogP contribution in [0, 0.1) is 12.3 Å². The van der Waals surface area contributed by atoms with Crippen LogP contribution in [-0.4, -0.2) is 5.78 Å². The third-order valence-corrected chi connectivity index (χ3v) is 1.37. The average Bonchev–Trinajstić information content (AvgIpc) is 2.16. The molecule has 1 aromatic carbocycles. The lowest BCUT2D eigenvalue weighted by molar-refractivity contribution is -0.109. The Kier molecular flexibility index (Phi) is 2.87. The van der Waals surface area contributed by atoms with E-state index in [1.165, 1.54) is 6.08 Å². The van der Waals surface area contributed by atoms with Crippen LogP contribution in [0.1, 0.15) is 5.56 Å². The standard InChI is InChI=1S/C11H8O/c1-2-11(12)9-8-10-6-4-3-5-7-10/h1,3-9H/b9-8+. The topological polar surface area (TPSA) is 17.1 Å². The minimum atomic E-state index is -0.307. The summed E-state index contributed by atoms with van der Waals surface area (Å²) in [6.45, 7) is 0. The van der Waals surface area contributed by atoms with Crippen molar-refractivity contribution in [3.63, 3.8) is 0 Å². The maximum absolute atomic E-state index is 10.7. The molecule has 58 valence electrons. The molecule has 1 aromatic rings. The van der Waals surface area contributed by atoms with E-state index in [2.05, 4.69) is 0 Å². The summed E-state index contributed by atoms with van der Waals surface area (Å²) in [5, 5.41) is 0. The summed E-state index contributed by atoms with van der Waals surface area (Å²) in [7, 11) is 0. The molecule has 0 spiro atoms. The van der Waals surface area contributed by atoms with Gasteiger partial charge in [0, 0.05) is 0 Å². The van der Waals surface area contributed by atoms with E-state index in [9.17, 15) is 4.79 Å². The Morgan fingerprint density at radius 2 is 2.00 bits per heavy atom. The number of terminal acetylenes is 1. The summed E-state index contributed by atoms with van der Waals surface area (Å²) >= 11 is 0. The van der Waals surface area contributed by atoms with Crippen molar-refractivity contribution in [2.45, 2.75) is 0 Å². The lowest BCUT2D eigenvalue weighted by atomic mass is 10.2. The predicted molar refractivity (Wildman–Crippen MR) is 49.3 cm³/mol. The van der Waals surface area contributed by atoms with Crippen molar-refractivity contribution in [1.29, 1.82) is 0 Å². The number of rotatable bonds is 2. The molecule has 0 fully saturated rings. The van der Waals surface area contributed by atoms with Crippen LogP contribution < -0.4 is 0 Å². The number of carbonyl (C=O) groups is 1. The monoisotopic (exact) mass is 156 g/mol. The van der Waals surface area contributed by atoms with E-state index >= 15 is 0 Å². The molecule has 1 nitrogen and oxygen atoms in total. The van der Waals surface area contributed by atoms with Gasteiger partial charge in [0.2, 0.25) is 5.78 Å². The van der Waals surface area contributed by atoms with E-state index in [4.69, 9.17) is 6.42 Å². The van der Waals surface area contributed by atoms with Gasteiger partial charge in [-0.15, -0.1) is 6.42 Å². The Hall–Kier alpha value is -1.81. The van der Waals surface area contributed by atoms with Gasteiger partial charge in [-0.1, -0.05) is 36.4 Å². The number of benzene rings is 1. The van der Waals surface area contributed by atoms with Crippen molar-refractivity contribution >= 4 is 11.9 Å². The normalized spacial score (nSPS) is 9.58. The van der Waals surface area contributed by atoms with Gasteiger partial charge in [-0.05, 0) is 17.6 Å². The molecule has 0 saturated carbocycles. The van der Waals surface area contributed by atoms with Gasteiger partial charge in [0.1, 0.15) is 0 Å². The quantitative estimate of drug-likeness (QED) is 0.363. The van der Waals surface area contributed by atoms with Crippen molar-refractivity contribution in [2.24, 2.45) is 0 Å². The smallest absolute Gasteiger partial charge is 0.228 e. The fourth-order valence-electron chi connectivity index (χ4n) is 0.784. The molecule has 0 amide bonds. The van der Waals surface area contributed by atoms with Gasteiger partial charge in [-0.25, -0.2) is 0 Å². The molecule has 12 heavy (non-hydrogen) atoms. The van der Waals surface area contributed by atoms with Crippen molar-refractivity contribution < 1.29 is 4.79 Å². The second-order valence-electron chi connectivity index (χ2n) is 2.25. The molecule has 0 aliphatic rings. The first kappa shape index (κ1) is 8.29. The second kappa shape index (κ2) is 4.15. The maximum Gasteiger partial charge on any atom is 0.228 e. The Balaban J connectivity index is 2.72. The molecule has 0 aliphatic heterocycles. The third kappa shape index (κ3) is 2.43. The number of ketones is 1. The van der Waals surface area contributed by atoms with Crippen LogP contribution in [0.25, 0.3) is 6.08 Å². The molecule has 0 atom stereocenters. The first-order valence-corrected chi connectivity index (χ1v) is 3.56. The van der Waals surface area contributed by atoms with Gasteiger partial charge < -0.3 is 0 Å². The second-order valence-corrected chi connectivity index (χ2v) is 2.25. The van der Waals surface area contributed by atoms with Gasteiger partial charge >= 0.3 is 0 Å². The molecule has 0 aliphatic carbocycles. The number of carbonyl (C=O) groups excluding carboxylic acids is 1. The molecular weight excluding hydrogens is 148 g/mol. The van der Waals surface area contributed by atoms with Crippen molar-refractivity contribution in [2.75, 3.05) is 0 Å². The summed E-state index contributed by atoms with van der Waals surface area (Å²) in [5.41, 5.74) is 0.973. The molecule has 0 heterocycles. The van der Waals surface area contributed by atoms with Gasteiger partial charge in [0.05, 0.1) is 0 Å². The van der Waals surface area contributed by atoms with E-state index < -0.39 is 0 Å². The zero-order valence-electron chi connectivity index (χ0n) is 6.53. The number of allylic oxidation sites excluding steroid dienone is 1. The Morgan fingerprint density at radius 3 is 2.58 bits per heavy atom. The van der Waals surface area contributed by atoms with Crippen molar-refractivity contribution in [3.8, 4) is 12.3 Å². The molecular formula is C11H8O. The summed E-state index contributed by atoms with van der Waals surface area (Å²) in [6.07, 6.45) is 7.97. The highest BCUT2D eigenvalue weighted by atomic mass is 16.1. The first-order valence-electron chi connectivity index (χ1n) is 3.56. The third-order valence-electron chi connectivity index (χ3n) is 1.37. The van der Waals surface area contributed by atoms with Crippen LogP contribution in [0.5, 0.6) is 0 Å². The highest BCUT2D eigenvalue weighted by Crippen LogP contribution is 2.00. The van der Waals surface area contributed by atoms with Crippen LogP contribution in [0.4, 0.5) is 0 Å². The van der Waals surface area contributed by atoms with E-state index in [-0.39, 0.29) is 5.78 Å². The molecule has 0 bridgehead atoms. The molecule has 1 heteroatoms. The van der Waals surface area contributed by atoms with Crippen LogP contribution in [-0.2, 0) is 4.79 Å². The number of hydrogen-bond donors (Lipinski definition) is 0. The highest BCUT2D eigenvalue weighted by molar-refractivity contribution is 6.06. The Morgan fingerprint density at radius 1 is 1.33 bits per heavy atom. The van der Waals surface area contributed by atoms with E-state index in [0.717, 1.165) is 5.56 Å². The molecule has 0 aromatic heterocycles. The van der Waals surface area contributed by atoms with E-state index in [1.54, 1.807) is 6.08 Å². The molecule has 0 unspecified atom stereocenters. The van der Waals surface area contributed by atoms with Gasteiger partial charge in [-0.2, -0.15) is 0 Å². The summed E-state index contributed by atoms with van der Waals surface area (Å²) in [6, 6.07) is 9.53. The fourth-order valence-corrected chi connectivity index (χ4v) is 0.784. The van der Waals surface area contributed by atoms with Crippen molar-refractivity contribution in [1.82, 2.24) is 0 Å². The molecule has 0 N–H and O–H groups in total. The first-order chi connectivity index (χ1) is 5.83. The largest absolute Gasteiger partial charge is 0.280 e. The van der Waals surface area contributed by atoms with E-state index in [0.29, 0.717) is 0 Å². The molecule has 0 saturated heterocycles. The lowest BCUT2D eigenvalue weighted by Gasteiger charge is -1.88. The average molecular weight is 156 g/mol. The minimum absolute atomic E-state index is 0.307. The zero-order chi connectivity index (χ0) is 8.81. The Labute approximate surface area is 71.7 Å². The minimum Gasteiger partial charge on any atom is -0.280 e. The van der Waals surface area contributed by atoms with Crippen LogP contribution in [0.15, 0.2) is 36.4 Å². The van der Waals surface area contributed by atoms with Gasteiger partial charge in [-0.3, -0.25) is 4.79 Å².